The van der Waals surface area contributed by atoms with Gasteiger partial charge in [-0.05, 0) is 30.2 Å². The lowest BCUT2D eigenvalue weighted by atomic mass is 10.2. The minimum absolute atomic E-state index is 0.713. The van der Waals surface area contributed by atoms with E-state index in [0.717, 1.165) is 24.4 Å². The number of methoxy groups -OCH3 is 1. The summed E-state index contributed by atoms with van der Waals surface area (Å²) in [5, 5.41) is 0. The monoisotopic (exact) mass is 257 g/mol. The van der Waals surface area contributed by atoms with Crippen LogP contribution >= 0.6 is 0 Å². The molecule has 0 unspecified atom stereocenters. The number of hydrogen-bond donors (Lipinski definition) is 1. The van der Waals surface area contributed by atoms with E-state index in [-0.39, 0.29) is 0 Å². The van der Waals surface area contributed by atoms with Crippen LogP contribution in [0.15, 0.2) is 42.7 Å². The molecule has 0 bridgehead atoms. The number of pyridine rings is 1. The fraction of sp³-hybridized carbons (Fsp3) is 0.267. The third-order valence-electron chi connectivity index (χ3n) is 3.08. The highest BCUT2D eigenvalue weighted by atomic mass is 16.5. The van der Waals surface area contributed by atoms with E-state index >= 15 is 0 Å². The van der Waals surface area contributed by atoms with E-state index in [1.54, 1.807) is 7.11 Å². The van der Waals surface area contributed by atoms with E-state index in [4.69, 9.17) is 10.5 Å². The van der Waals surface area contributed by atoms with E-state index < -0.39 is 0 Å². The summed E-state index contributed by atoms with van der Waals surface area (Å²) in [4.78, 5) is 6.18. The minimum atomic E-state index is 0.713. The Kier molecular flexibility index (Phi) is 4.23. The van der Waals surface area contributed by atoms with Crippen molar-refractivity contribution in [2.45, 2.75) is 6.42 Å². The maximum atomic E-state index is 5.87. The van der Waals surface area contributed by atoms with Gasteiger partial charge in [0, 0.05) is 49.5 Å². The molecule has 0 atom stereocenters. The van der Waals surface area contributed by atoms with Crippen molar-refractivity contribution in [2.24, 2.45) is 0 Å². The number of ether oxygens (including phenoxy) is 1. The molecule has 1 aromatic heterocycles. The Hall–Kier alpha value is -2.23. The molecule has 2 N–H and O–H groups in total. The van der Waals surface area contributed by atoms with Gasteiger partial charge in [-0.1, -0.05) is 0 Å². The highest BCUT2D eigenvalue weighted by Crippen LogP contribution is 2.24. The summed E-state index contributed by atoms with van der Waals surface area (Å²) in [6.45, 7) is 0.913. The Bertz CT molecular complexity index is 528. The number of benzene rings is 1. The zero-order valence-corrected chi connectivity index (χ0v) is 11.3. The normalized spacial score (nSPS) is 10.2. The van der Waals surface area contributed by atoms with Crippen molar-refractivity contribution >= 4 is 11.4 Å². The molecule has 19 heavy (non-hydrogen) atoms. The molecule has 4 heteroatoms. The van der Waals surface area contributed by atoms with Gasteiger partial charge >= 0.3 is 0 Å². The molecule has 1 heterocycles. The van der Waals surface area contributed by atoms with Crippen molar-refractivity contribution in [3.63, 3.8) is 0 Å². The second kappa shape index (κ2) is 6.09. The number of aromatic nitrogens is 1. The highest BCUT2D eigenvalue weighted by Gasteiger charge is 2.05. The Balaban J connectivity index is 2.03. The number of hydrogen-bond acceptors (Lipinski definition) is 4. The van der Waals surface area contributed by atoms with Crippen LogP contribution in [-0.2, 0) is 6.42 Å². The van der Waals surface area contributed by atoms with Crippen LogP contribution in [0.25, 0.3) is 0 Å². The van der Waals surface area contributed by atoms with Crippen LogP contribution in [0.2, 0.25) is 0 Å². The van der Waals surface area contributed by atoms with Crippen LogP contribution in [0.4, 0.5) is 11.4 Å². The predicted octanol–water partition coefficient (Wildman–Crippen LogP) is 2.35. The lowest BCUT2D eigenvalue weighted by Gasteiger charge is -2.20. The summed E-state index contributed by atoms with van der Waals surface area (Å²) in [7, 11) is 3.70. The largest absolute Gasteiger partial charge is 0.497 e. The topological polar surface area (TPSA) is 51.4 Å². The summed E-state index contributed by atoms with van der Waals surface area (Å²) in [6.07, 6.45) is 4.61. The van der Waals surface area contributed by atoms with Gasteiger partial charge in [-0.2, -0.15) is 0 Å². The maximum Gasteiger partial charge on any atom is 0.122 e. The Morgan fingerprint density at radius 1 is 1.21 bits per heavy atom. The zero-order valence-electron chi connectivity index (χ0n) is 11.3. The smallest absolute Gasteiger partial charge is 0.122 e. The molecule has 0 spiro atoms. The van der Waals surface area contributed by atoms with E-state index in [9.17, 15) is 0 Å². The molecule has 0 saturated carbocycles. The number of anilines is 2. The molecule has 0 aliphatic carbocycles. The molecule has 0 aliphatic heterocycles. The first-order valence-electron chi connectivity index (χ1n) is 6.23. The van der Waals surface area contributed by atoms with Gasteiger partial charge in [0.05, 0.1) is 7.11 Å². The minimum Gasteiger partial charge on any atom is -0.497 e. The van der Waals surface area contributed by atoms with Gasteiger partial charge < -0.3 is 15.4 Å². The van der Waals surface area contributed by atoms with Gasteiger partial charge in [0.15, 0.2) is 0 Å². The summed E-state index contributed by atoms with van der Waals surface area (Å²) < 4.78 is 5.23. The van der Waals surface area contributed by atoms with Crippen molar-refractivity contribution in [2.75, 3.05) is 31.3 Å². The highest BCUT2D eigenvalue weighted by molar-refractivity contribution is 5.60. The van der Waals surface area contributed by atoms with Crippen LogP contribution in [0.5, 0.6) is 5.75 Å². The van der Waals surface area contributed by atoms with E-state index in [0.29, 0.717) is 5.69 Å². The third-order valence-corrected chi connectivity index (χ3v) is 3.08. The van der Waals surface area contributed by atoms with E-state index in [1.165, 1.54) is 5.56 Å². The van der Waals surface area contributed by atoms with Crippen LogP contribution in [0, 0.1) is 0 Å². The molecule has 0 fully saturated rings. The molecule has 0 amide bonds. The lowest BCUT2D eigenvalue weighted by Crippen LogP contribution is -2.20. The summed E-state index contributed by atoms with van der Waals surface area (Å²) in [5.74, 6) is 0.783. The Morgan fingerprint density at radius 2 is 1.95 bits per heavy atom. The fourth-order valence-corrected chi connectivity index (χ4v) is 1.92. The molecule has 2 aromatic rings. The zero-order chi connectivity index (χ0) is 13.7. The van der Waals surface area contributed by atoms with Crippen molar-refractivity contribution in [3.05, 3.63) is 48.3 Å². The molecule has 4 nitrogen and oxygen atoms in total. The summed E-state index contributed by atoms with van der Waals surface area (Å²) in [6, 6.07) is 9.83. The number of nitrogen functional groups attached to an aromatic ring is 1. The molecule has 1 aromatic carbocycles. The third kappa shape index (κ3) is 3.61. The van der Waals surface area contributed by atoms with Gasteiger partial charge in [0.2, 0.25) is 0 Å². The average molecular weight is 257 g/mol. The van der Waals surface area contributed by atoms with Crippen molar-refractivity contribution in [3.8, 4) is 5.75 Å². The van der Waals surface area contributed by atoms with Gasteiger partial charge in [0.1, 0.15) is 5.75 Å². The fourth-order valence-electron chi connectivity index (χ4n) is 1.92. The quantitative estimate of drug-likeness (QED) is 0.835. The average Bonchev–Trinajstić information content (AvgIpc) is 2.45. The first-order chi connectivity index (χ1) is 9.19. The molecular weight excluding hydrogens is 238 g/mol. The van der Waals surface area contributed by atoms with Crippen LogP contribution in [0.1, 0.15) is 5.56 Å². The lowest BCUT2D eigenvalue weighted by molar-refractivity contribution is 0.415. The predicted molar refractivity (Wildman–Crippen MR) is 78.6 cm³/mol. The number of nitrogens with zero attached hydrogens (tertiary/aromatic N) is 2. The Morgan fingerprint density at radius 3 is 2.63 bits per heavy atom. The van der Waals surface area contributed by atoms with Gasteiger partial charge in [-0.3, -0.25) is 4.98 Å². The maximum absolute atomic E-state index is 5.87. The summed E-state index contributed by atoms with van der Waals surface area (Å²) in [5.41, 5.74) is 8.91. The summed E-state index contributed by atoms with van der Waals surface area (Å²) >= 11 is 0. The molecule has 0 aliphatic rings. The molecule has 0 radical (unpaired) electrons. The van der Waals surface area contributed by atoms with E-state index in [1.807, 2.05) is 42.7 Å². The van der Waals surface area contributed by atoms with Crippen molar-refractivity contribution < 1.29 is 4.74 Å². The SMILES string of the molecule is COc1cc(N)cc(N(C)CCc2ccncc2)c1. The van der Waals surface area contributed by atoms with Gasteiger partial charge in [-0.15, -0.1) is 0 Å². The van der Waals surface area contributed by atoms with E-state index in [2.05, 4.69) is 16.9 Å². The number of likely N-dealkylation sites (N-methyl/N-ethyl adjacent to an activating group) is 1. The molecule has 100 valence electrons. The molecule has 0 saturated heterocycles. The van der Waals surface area contributed by atoms with Gasteiger partial charge in [-0.25, -0.2) is 0 Å². The Labute approximate surface area is 113 Å². The first-order valence-corrected chi connectivity index (χ1v) is 6.23. The molecule has 2 rings (SSSR count). The van der Waals surface area contributed by atoms with Crippen molar-refractivity contribution in [1.29, 1.82) is 0 Å². The van der Waals surface area contributed by atoms with Gasteiger partial charge in [0.25, 0.3) is 0 Å². The second-order valence-electron chi connectivity index (χ2n) is 4.49. The van der Waals surface area contributed by atoms with Crippen molar-refractivity contribution in [1.82, 2.24) is 4.98 Å². The number of nitrogens with two attached hydrogens (primary N) is 1. The molecular formula is C15H19N3O. The second-order valence-corrected chi connectivity index (χ2v) is 4.49. The van der Waals surface area contributed by atoms with Crippen LogP contribution in [-0.4, -0.2) is 25.7 Å². The van der Waals surface area contributed by atoms with Crippen LogP contribution < -0.4 is 15.4 Å². The number of rotatable bonds is 5. The standard InChI is InChI=1S/C15H19N3O/c1-18(8-5-12-3-6-17-7-4-12)14-9-13(16)10-15(11-14)19-2/h3-4,6-7,9-11H,5,8,16H2,1-2H3. The first kappa shape index (κ1) is 13.2. The van der Waals surface area contributed by atoms with Crippen LogP contribution in [0.3, 0.4) is 0 Å².